The fraction of sp³-hybridized carbons (Fsp3) is 0.400. The van der Waals surface area contributed by atoms with E-state index < -0.39 is 11.7 Å². The molecule has 0 radical (unpaired) electrons. The van der Waals surface area contributed by atoms with Gasteiger partial charge in [-0.05, 0) is 24.6 Å². The Morgan fingerprint density at radius 2 is 2.10 bits per heavy atom. The Morgan fingerprint density at radius 1 is 1.35 bits per heavy atom. The van der Waals surface area contributed by atoms with Crippen LogP contribution in [-0.4, -0.2) is 30.4 Å². The van der Waals surface area contributed by atoms with Crippen molar-refractivity contribution in [2.24, 2.45) is 0 Å². The molecular formula is C15H19NO4. The minimum absolute atomic E-state index is 0.139. The van der Waals surface area contributed by atoms with E-state index in [-0.39, 0.29) is 13.0 Å². The van der Waals surface area contributed by atoms with Gasteiger partial charge in [-0.1, -0.05) is 0 Å². The second-order valence-corrected chi connectivity index (χ2v) is 4.74. The molecule has 0 saturated heterocycles. The lowest BCUT2D eigenvalue weighted by Crippen LogP contribution is -2.15. The van der Waals surface area contributed by atoms with Crippen LogP contribution in [0.3, 0.4) is 0 Å². The van der Waals surface area contributed by atoms with Crippen molar-refractivity contribution >= 4 is 16.7 Å². The fourth-order valence-corrected chi connectivity index (χ4v) is 2.15. The molecule has 5 heteroatoms. The van der Waals surface area contributed by atoms with Crippen LogP contribution in [0.25, 0.3) is 11.0 Å². The molecule has 0 fully saturated rings. The summed E-state index contributed by atoms with van der Waals surface area (Å²) >= 11 is 0. The van der Waals surface area contributed by atoms with Gasteiger partial charge in [0.25, 0.3) is 0 Å². The molecule has 5 nitrogen and oxygen atoms in total. The Morgan fingerprint density at radius 3 is 2.75 bits per heavy atom. The Hall–Kier alpha value is -1.85. The van der Waals surface area contributed by atoms with Crippen molar-refractivity contribution in [2.75, 3.05) is 25.1 Å². The number of fused-ring (bicyclic) bond motifs is 1. The first kappa shape index (κ1) is 14.6. The molecule has 1 heterocycles. The Labute approximate surface area is 117 Å². The number of rotatable bonds is 5. The average molecular weight is 277 g/mol. The zero-order valence-corrected chi connectivity index (χ0v) is 11.7. The number of nitrogens with zero attached hydrogens (tertiary/aromatic N) is 1. The fourth-order valence-electron chi connectivity index (χ4n) is 2.15. The molecule has 0 amide bonds. The van der Waals surface area contributed by atoms with Gasteiger partial charge in [0, 0.05) is 49.8 Å². The quantitative estimate of drug-likeness (QED) is 0.813. The van der Waals surface area contributed by atoms with Gasteiger partial charge in [0.1, 0.15) is 5.58 Å². The van der Waals surface area contributed by atoms with Crippen LogP contribution < -0.4 is 10.5 Å². The SMILES string of the molecule is CCN(C)c1ccc2c(C(O)CCO)cc(=O)oc2c1. The largest absolute Gasteiger partial charge is 0.423 e. The van der Waals surface area contributed by atoms with Crippen molar-refractivity contribution in [1.29, 1.82) is 0 Å². The second kappa shape index (κ2) is 6.07. The molecular weight excluding hydrogens is 258 g/mol. The summed E-state index contributed by atoms with van der Waals surface area (Å²) in [7, 11) is 1.95. The lowest BCUT2D eigenvalue weighted by Gasteiger charge is -2.18. The molecule has 0 bridgehead atoms. The summed E-state index contributed by atoms with van der Waals surface area (Å²) in [5, 5.41) is 19.6. The normalized spacial score (nSPS) is 12.6. The van der Waals surface area contributed by atoms with Gasteiger partial charge in [-0.2, -0.15) is 0 Å². The smallest absolute Gasteiger partial charge is 0.336 e. The van der Waals surface area contributed by atoms with E-state index in [2.05, 4.69) is 0 Å². The molecule has 20 heavy (non-hydrogen) atoms. The van der Waals surface area contributed by atoms with E-state index in [1.165, 1.54) is 6.07 Å². The summed E-state index contributed by atoms with van der Waals surface area (Å²) in [4.78, 5) is 13.6. The predicted octanol–water partition coefficient (Wildman–Crippen LogP) is 1.66. The zero-order chi connectivity index (χ0) is 14.7. The summed E-state index contributed by atoms with van der Waals surface area (Å²) < 4.78 is 5.21. The highest BCUT2D eigenvalue weighted by Gasteiger charge is 2.14. The third-order valence-electron chi connectivity index (χ3n) is 3.44. The average Bonchev–Trinajstić information content (AvgIpc) is 2.45. The molecule has 1 aromatic carbocycles. The molecule has 0 aliphatic heterocycles. The van der Waals surface area contributed by atoms with Gasteiger partial charge in [-0.15, -0.1) is 0 Å². The molecule has 1 atom stereocenters. The molecule has 2 N–H and O–H groups in total. The first-order valence-electron chi connectivity index (χ1n) is 6.64. The van der Waals surface area contributed by atoms with E-state index in [0.29, 0.717) is 16.5 Å². The first-order valence-corrected chi connectivity index (χ1v) is 6.64. The number of hydrogen-bond acceptors (Lipinski definition) is 5. The van der Waals surface area contributed by atoms with Crippen molar-refractivity contribution in [3.63, 3.8) is 0 Å². The van der Waals surface area contributed by atoms with Crippen molar-refractivity contribution < 1.29 is 14.6 Å². The zero-order valence-electron chi connectivity index (χ0n) is 11.7. The van der Waals surface area contributed by atoms with Gasteiger partial charge in [0.05, 0.1) is 6.10 Å². The molecule has 1 unspecified atom stereocenters. The molecule has 2 rings (SSSR count). The van der Waals surface area contributed by atoms with Gasteiger partial charge in [-0.3, -0.25) is 0 Å². The van der Waals surface area contributed by atoms with Crippen LogP contribution in [0.5, 0.6) is 0 Å². The van der Waals surface area contributed by atoms with Gasteiger partial charge >= 0.3 is 5.63 Å². The number of hydrogen-bond donors (Lipinski definition) is 2. The highest BCUT2D eigenvalue weighted by Crippen LogP contribution is 2.27. The monoisotopic (exact) mass is 277 g/mol. The Kier molecular flexibility index (Phi) is 4.42. The van der Waals surface area contributed by atoms with Crippen LogP contribution in [0, 0.1) is 0 Å². The number of aliphatic hydroxyl groups excluding tert-OH is 2. The van der Waals surface area contributed by atoms with E-state index in [4.69, 9.17) is 9.52 Å². The summed E-state index contributed by atoms with van der Waals surface area (Å²) in [5.74, 6) is 0. The van der Waals surface area contributed by atoms with Crippen LogP contribution in [0.15, 0.2) is 33.5 Å². The lowest BCUT2D eigenvalue weighted by atomic mass is 10.0. The molecule has 0 saturated carbocycles. The highest BCUT2D eigenvalue weighted by atomic mass is 16.4. The minimum Gasteiger partial charge on any atom is -0.423 e. The first-order chi connectivity index (χ1) is 9.56. The van der Waals surface area contributed by atoms with Crippen molar-refractivity contribution in [3.05, 3.63) is 40.2 Å². The Balaban J connectivity index is 2.58. The van der Waals surface area contributed by atoms with Crippen LogP contribution in [0.4, 0.5) is 5.69 Å². The van der Waals surface area contributed by atoms with E-state index in [1.54, 1.807) is 6.07 Å². The third kappa shape index (κ3) is 2.84. The number of benzene rings is 1. The molecule has 0 aliphatic carbocycles. The van der Waals surface area contributed by atoms with Crippen molar-refractivity contribution in [2.45, 2.75) is 19.4 Å². The van der Waals surface area contributed by atoms with Crippen LogP contribution in [-0.2, 0) is 0 Å². The van der Waals surface area contributed by atoms with Gasteiger partial charge < -0.3 is 19.5 Å². The third-order valence-corrected chi connectivity index (χ3v) is 3.44. The molecule has 2 aromatic rings. The van der Waals surface area contributed by atoms with Gasteiger partial charge in [0.15, 0.2) is 0 Å². The van der Waals surface area contributed by atoms with E-state index in [1.807, 2.05) is 31.0 Å². The predicted molar refractivity (Wildman–Crippen MR) is 78.1 cm³/mol. The lowest BCUT2D eigenvalue weighted by molar-refractivity contribution is 0.135. The molecule has 1 aromatic heterocycles. The summed E-state index contributed by atoms with van der Waals surface area (Å²) in [6, 6.07) is 6.82. The van der Waals surface area contributed by atoms with Crippen molar-refractivity contribution in [3.8, 4) is 0 Å². The van der Waals surface area contributed by atoms with E-state index in [9.17, 15) is 9.90 Å². The summed E-state index contributed by atoms with van der Waals surface area (Å²) in [6.45, 7) is 2.73. The molecule has 108 valence electrons. The molecule has 0 aliphatic rings. The maximum absolute atomic E-state index is 11.6. The Bertz CT molecular complexity index is 650. The topological polar surface area (TPSA) is 73.9 Å². The van der Waals surface area contributed by atoms with E-state index in [0.717, 1.165) is 12.2 Å². The number of aliphatic hydroxyl groups is 2. The maximum atomic E-state index is 11.6. The minimum atomic E-state index is -0.874. The standard InChI is InChI=1S/C15H19NO4/c1-3-16(2)10-4-5-11-12(13(18)6-7-17)9-15(19)20-14(11)8-10/h4-5,8-9,13,17-18H,3,6-7H2,1-2H3. The molecule has 0 spiro atoms. The van der Waals surface area contributed by atoms with Crippen LogP contribution >= 0.6 is 0 Å². The maximum Gasteiger partial charge on any atom is 0.336 e. The second-order valence-electron chi connectivity index (χ2n) is 4.74. The number of anilines is 1. The van der Waals surface area contributed by atoms with Crippen LogP contribution in [0.2, 0.25) is 0 Å². The van der Waals surface area contributed by atoms with E-state index >= 15 is 0 Å². The highest BCUT2D eigenvalue weighted by molar-refractivity contribution is 5.84. The summed E-state index contributed by atoms with van der Waals surface area (Å²) in [5.41, 5.74) is 1.39. The van der Waals surface area contributed by atoms with Crippen molar-refractivity contribution in [1.82, 2.24) is 0 Å². The van der Waals surface area contributed by atoms with Gasteiger partial charge in [-0.25, -0.2) is 4.79 Å². The van der Waals surface area contributed by atoms with Crippen LogP contribution in [0.1, 0.15) is 25.0 Å². The van der Waals surface area contributed by atoms with Gasteiger partial charge in [0.2, 0.25) is 0 Å². The summed E-state index contributed by atoms with van der Waals surface area (Å²) in [6.07, 6.45) is -0.684.